The second kappa shape index (κ2) is 5.36. The van der Waals surface area contributed by atoms with Crippen molar-refractivity contribution in [3.8, 4) is 0 Å². The van der Waals surface area contributed by atoms with Crippen LogP contribution in [0, 0.1) is 23.2 Å². The van der Waals surface area contributed by atoms with Crippen molar-refractivity contribution in [2.24, 2.45) is 23.2 Å². The Balaban J connectivity index is 2.46. The van der Waals surface area contributed by atoms with E-state index in [1.165, 1.54) is 19.3 Å². The quantitative estimate of drug-likeness (QED) is 0.517. The molecule has 2 rings (SSSR count). The molecular weight excluding hydrogens is 292 g/mol. The van der Waals surface area contributed by atoms with Gasteiger partial charge in [0, 0.05) is 9.49 Å². The molecule has 0 aromatic rings. The van der Waals surface area contributed by atoms with Crippen LogP contribution in [0.2, 0.25) is 0 Å². The van der Waals surface area contributed by atoms with Gasteiger partial charge in [0.25, 0.3) is 0 Å². The fourth-order valence-corrected chi connectivity index (χ4v) is 10.4. The highest BCUT2D eigenvalue weighted by atomic mass is 32.2. The Labute approximate surface area is 142 Å². The van der Waals surface area contributed by atoms with E-state index in [1.807, 2.05) is 0 Å². The van der Waals surface area contributed by atoms with Gasteiger partial charge in [-0.1, -0.05) is 68.7 Å². The third kappa shape index (κ3) is 2.82. The predicted octanol–water partition coefficient (Wildman–Crippen LogP) is 6.84. The second-order valence-corrected chi connectivity index (χ2v) is 13.6. The Bertz CT molecular complexity index is 372. The zero-order valence-corrected chi connectivity index (χ0v) is 17.3. The summed E-state index contributed by atoms with van der Waals surface area (Å²) in [6, 6.07) is 0. The van der Waals surface area contributed by atoms with Crippen molar-refractivity contribution in [2.45, 2.75) is 95.1 Å². The first-order valence-corrected chi connectivity index (χ1v) is 10.4. The van der Waals surface area contributed by atoms with Gasteiger partial charge in [-0.2, -0.15) is 0 Å². The first-order valence-electron chi connectivity index (χ1n) is 8.75. The van der Waals surface area contributed by atoms with E-state index in [9.17, 15) is 0 Å². The number of hydrogen-bond donors (Lipinski definition) is 0. The lowest BCUT2D eigenvalue weighted by Crippen LogP contribution is -2.60. The monoisotopic (exact) mass is 328 g/mol. The largest absolute Gasteiger partial charge is 0.137 e. The number of thioether (sulfide) groups is 2. The van der Waals surface area contributed by atoms with Crippen LogP contribution in [0.5, 0.6) is 0 Å². The maximum absolute atomic E-state index is 2.50. The van der Waals surface area contributed by atoms with E-state index >= 15 is 0 Å². The third-order valence-electron chi connectivity index (χ3n) is 6.84. The summed E-state index contributed by atoms with van der Waals surface area (Å²) in [6.07, 6.45) is 4.25. The van der Waals surface area contributed by atoms with Gasteiger partial charge >= 0.3 is 0 Å². The topological polar surface area (TPSA) is 0 Å². The lowest BCUT2D eigenvalue weighted by atomic mass is 9.70. The highest BCUT2D eigenvalue weighted by molar-refractivity contribution is 8.20. The molecule has 2 fully saturated rings. The molecule has 0 aromatic carbocycles. The SMILES string of the molecule is CC(C)[C@H]1CC[C@H](C)CC12SC(C)(C)C(C)(C)C(C)(C)S2. The van der Waals surface area contributed by atoms with Crippen molar-refractivity contribution in [1.29, 1.82) is 0 Å². The molecule has 0 N–H and O–H groups in total. The van der Waals surface area contributed by atoms with Gasteiger partial charge in [0.15, 0.2) is 0 Å². The summed E-state index contributed by atoms with van der Waals surface area (Å²) >= 11 is 4.65. The first-order chi connectivity index (χ1) is 9.35. The maximum Gasteiger partial charge on any atom is 0.0655 e. The summed E-state index contributed by atoms with van der Waals surface area (Å²) < 4.78 is 1.08. The summed E-state index contributed by atoms with van der Waals surface area (Å²) in [5.74, 6) is 2.54. The Morgan fingerprint density at radius 1 is 0.857 bits per heavy atom. The van der Waals surface area contributed by atoms with Gasteiger partial charge in [0.05, 0.1) is 4.08 Å². The molecule has 1 saturated heterocycles. The average Bonchev–Trinajstić information content (AvgIpc) is 2.24. The van der Waals surface area contributed by atoms with Crippen molar-refractivity contribution in [3.05, 3.63) is 0 Å². The Morgan fingerprint density at radius 3 is 1.76 bits per heavy atom. The molecule has 1 aliphatic heterocycles. The first kappa shape index (κ1) is 18.0. The van der Waals surface area contributed by atoms with Gasteiger partial charge in [-0.05, 0) is 36.0 Å². The minimum absolute atomic E-state index is 0.325. The summed E-state index contributed by atoms with van der Waals surface area (Å²) in [6.45, 7) is 22.3. The van der Waals surface area contributed by atoms with Crippen LogP contribution in [0.25, 0.3) is 0 Å². The van der Waals surface area contributed by atoms with Crippen LogP contribution in [0.4, 0.5) is 0 Å². The molecule has 2 aliphatic rings. The van der Waals surface area contributed by atoms with Gasteiger partial charge in [0.1, 0.15) is 0 Å². The Kier molecular flexibility index (Phi) is 4.61. The van der Waals surface area contributed by atoms with E-state index < -0.39 is 0 Å². The minimum atomic E-state index is 0.325. The Hall–Kier alpha value is 0.700. The van der Waals surface area contributed by atoms with Crippen LogP contribution in [0.3, 0.4) is 0 Å². The molecule has 0 amide bonds. The Morgan fingerprint density at radius 2 is 1.33 bits per heavy atom. The molecule has 0 nitrogen and oxygen atoms in total. The molecule has 1 spiro atoms. The highest BCUT2D eigenvalue weighted by Crippen LogP contribution is 2.71. The standard InChI is InChI=1S/C19H36S2/c1-13(2)15-11-10-14(3)12-19(15)20-17(6,7)16(4,5)18(8,9)21-19/h13-15H,10-12H2,1-9H3/t14-,15+/m0/s1. The molecule has 2 atom stereocenters. The van der Waals surface area contributed by atoms with Crippen LogP contribution in [0.1, 0.15) is 81.6 Å². The molecule has 0 unspecified atom stereocenters. The molecule has 1 saturated carbocycles. The molecule has 1 heterocycles. The van der Waals surface area contributed by atoms with Crippen molar-refractivity contribution in [2.75, 3.05) is 0 Å². The smallest absolute Gasteiger partial charge is 0.0655 e. The lowest BCUT2D eigenvalue weighted by Gasteiger charge is -2.64. The fraction of sp³-hybridized carbons (Fsp3) is 1.00. The minimum Gasteiger partial charge on any atom is -0.137 e. The van der Waals surface area contributed by atoms with Gasteiger partial charge in [-0.15, -0.1) is 23.5 Å². The predicted molar refractivity (Wildman–Crippen MR) is 101 cm³/mol. The van der Waals surface area contributed by atoms with E-state index in [1.54, 1.807) is 0 Å². The van der Waals surface area contributed by atoms with E-state index in [0.29, 0.717) is 19.0 Å². The zero-order chi connectivity index (χ0) is 16.3. The van der Waals surface area contributed by atoms with Gasteiger partial charge in [-0.25, -0.2) is 0 Å². The van der Waals surface area contributed by atoms with Gasteiger partial charge < -0.3 is 0 Å². The van der Waals surface area contributed by atoms with Crippen LogP contribution >= 0.6 is 23.5 Å². The summed E-state index contributed by atoms with van der Waals surface area (Å²) in [5.41, 5.74) is 0.336. The second-order valence-electron chi connectivity index (χ2n) is 9.40. The zero-order valence-electron chi connectivity index (χ0n) is 15.7. The summed E-state index contributed by atoms with van der Waals surface area (Å²) in [5, 5.41) is 0. The van der Waals surface area contributed by atoms with E-state index in [-0.39, 0.29) is 0 Å². The summed E-state index contributed by atoms with van der Waals surface area (Å²) in [7, 11) is 0. The number of hydrogen-bond acceptors (Lipinski definition) is 2. The van der Waals surface area contributed by atoms with Gasteiger partial charge in [0.2, 0.25) is 0 Å². The number of rotatable bonds is 1. The summed E-state index contributed by atoms with van der Waals surface area (Å²) in [4.78, 5) is 0. The van der Waals surface area contributed by atoms with Crippen LogP contribution < -0.4 is 0 Å². The third-order valence-corrected chi connectivity index (χ3v) is 11.0. The van der Waals surface area contributed by atoms with Crippen molar-refractivity contribution >= 4 is 23.5 Å². The normalized spacial score (nSPS) is 36.9. The molecule has 0 aromatic heterocycles. The molecule has 2 heteroatoms. The molecule has 124 valence electrons. The molecule has 0 radical (unpaired) electrons. The highest BCUT2D eigenvalue weighted by Gasteiger charge is 2.62. The van der Waals surface area contributed by atoms with Crippen molar-refractivity contribution in [3.63, 3.8) is 0 Å². The molecule has 0 bridgehead atoms. The van der Waals surface area contributed by atoms with Crippen LogP contribution in [-0.4, -0.2) is 13.6 Å². The molecule has 21 heavy (non-hydrogen) atoms. The van der Waals surface area contributed by atoms with E-state index in [4.69, 9.17) is 0 Å². The average molecular weight is 329 g/mol. The molecule has 1 aliphatic carbocycles. The van der Waals surface area contributed by atoms with Gasteiger partial charge in [-0.3, -0.25) is 0 Å². The lowest BCUT2D eigenvalue weighted by molar-refractivity contribution is 0.183. The fourth-order valence-electron chi connectivity index (χ4n) is 4.36. The van der Waals surface area contributed by atoms with Crippen LogP contribution in [0.15, 0.2) is 0 Å². The van der Waals surface area contributed by atoms with E-state index in [2.05, 4.69) is 85.8 Å². The maximum atomic E-state index is 2.50. The van der Waals surface area contributed by atoms with Crippen molar-refractivity contribution < 1.29 is 0 Å². The van der Waals surface area contributed by atoms with Crippen LogP contribution in [-0.2, 0) is 0 Å². The van der Waals surface area contributed by atoms with E-state index in [0.717, 1.165) is 17.8 Å². The van der Waals surface area contributed by atoms with Crippen molar-refractivity contribution in [1.82, 2.24) is 0 Å². The molecular formula is C19H36S2.